The summed E-state index contributed by atoms with van der Waals surface area (Å²) in [6.07, 6.45) is 0.602. The summed E-state index contributed by atoms with van der Waals surface area (Å²) in [5.41, 5.74) is 0. The van der Waals surface area contributed by atoms with Crippen molar-refractivity contribution in [3.8, 4) is 5.75 Å². The minimum absolute atomic E-state index is 0.0122. The van der Waals surface area contributed by atoms with E-state index in [1.165, 1.54) is 6.92 Å². The number of benzene rings is 1. The van der Waals surface area contributed by atoms with E-state index < -0.39 is 6.10 Å². The Morgan fingerprint density at radius 3 is 2.31 bits per heavy atom. The molecule has 1 fully saturated rings. The van der Waals surface area contributed by atoms with Crippen LogP contribution < -0.4 is 4.74 Å². The van der Waals surface area contributed by atoms with Crippen molar-refractivity contribution in [3.63, 3.8) is 0 Å². The van der Waals surface area contributed by atoms with Crippen LogP contribution in [-0.2, 0) is 14.4 Å². The molecule has 142 valence electrons. The first kappa shape index (κ1) is 20.2. The molecule has 1 saturated heterocycles. The molecular weight excluding hydrogens is 356 g/mol. The van der Waals surface area contributed by atoms with Crippen LogP contribution in [0, 0.1) is 0 Å². The number of nitrogens with zero attached hydrogens (tertiary/aromatic N) is 2. The van der Waals surface area contributed by atoms with Crippen LogP contribution in [0.3, 0.4) is 0 Å². The Morgan fingerprint density at radius 1 is 1.04 bits per heavy atom. The normalized spacial score (nSPS) is 16.0. The summed E-state index contributed by atoms with van der Waals surface area (Å²) in [6.45, 7) is 5.35. The van der Waals surface area contributed by atoms with E-state index in [1.807, 2.05) is 0 Å². The third kappa shape index (κ3) is 6.02. The monoisotopic (exact) mass is 380 g/mol. The van der Waals surface area contributed by atoms with Crippen LogP contribution in [0.15, 0.2) is 24.3 Å². The van der Waals surface area contributed by atoms with E-state index in [0.717, 1.165) is 0 Å². The highest BCUT2D eigenvalue weighted by Crippen LogP contribution is 2.18. The Labute approximate surface area is 159 Å². The van der Waals surface area contributed by atoms with Crippen molar-refractivity contribution in [3.05, 3.63) is 29.3 Å². The van der Waals surface area contributed by atoms with Crippen LogP contribution in [0.4, 0.5) is 0 Å². The number of ether oxygens (including phenoxy) is 1. The molecule has 2 rings (SSSR count). The van der Waals surface area contributed by atoms with Gasteiger partial charge >= 0.3 is 0 Å². The van der Waals surface area contributed by atoms with Gasteiger partial charge in [0.15, 0.2) is 6.10 Å². The van der Waals surface area contributed by atoms with E-state index in [-0.39, 0.29) is 30.4 Å². The average Bonchev–Trinajstić information content (AvgIpc) is 2.87. The molecule has 1 heterocycles. The van der Waals surface area contributed by atoms with E-state index >= 15 is 0 Å². The number of hydrogen-bond donors (Lipinski definition) is 0. The van der Waals surface area contributed by atoms with Gasteiger partial charge in [-0.1, -0.05) is 11.6 Å². The molecule has 1 aliphatic heterocycles. The van der Waals surface area contributed by atoms with E-state index in [4.69, 9.17) is 16.3 Å². The van der Waals surface area contributed by atoms with Crippen LogP contribution >= 0.6 is 11.6 Å². The molecule has 0 aliphatic carbocycles. The number of Topliss-reactive ketones (excluding diaryl/α,β-unsaturated/α-hetero) is 1. The molecule has 1 aliphatic rings. The summed E-state index contributed by atoms with van der Waals surface area (Å²) in [7, 11) is 0. The molecule has 7 heteroatoms. The molecule has 1 unspecified atom stereocenters. The highest BCUT2D eigenvalue weighted by atomic mass is 35.5. The molecule has 0 radical (unpaired) electrons. The van der Waals surface area contributed by atoms with Crippen molar-refractivity contribution in [1.82, 2.24) is 9.80 Å². The maximum Gasteiger partial charge on any atom is 0.263 e. The van der Waals surface area contributed by atoms with Crippen LogP contribution in [-0.4, -0.2) is 59.7 Å². The molecule has 0 saturated carbocycles. The second-order valence-corrected chi connectivity index (χ2v) is 6.91. The van der Waals surface area contributed by atoms with Gasteiger partial charge in [-0.3, -0.25) is 9.59 Å². The predicted molar refractivity (Wildman–Crippen MR) is 99.2 cm³/mol. The van der Waals surface area contributed by atoms with Gasteiger partial charge in [-0.05, 0) is 44.5 Å². The fourth-order valence-electron chi connectivity index (χ4n) is 2.85. The lowest BCUT2D eigenvalue weighted by Gasteiger charge is -2.25. The van der Waals surface area contributed by atoms with E-state index in [2.05, 4.69) is 0 Å². The maximum atomic E-state index is 12.6. The second kappa shape index (κ2) is 9.57. The SMILES string of the molecule is CC(=O)CCC(=O)N1CCCN(C(=O)C(C)Oc2ccc(Cl)cc2)CC1. The van der Waals surface area contributed by atoms with Crippen molar-refractivity contribution in [2.24, 2.45) is 0 Å². The van der Waals surface area contributed by atoms with E-state index in [0.29, 0.717) is 43.4 Å². The number of carbonyl (C=O) groups is 3. The zero-order valence-electron chi connectivity index (χ0n) is 15.2. The summed E-state index contributed by atoms with van der Waals surface area (Å²) in [4.78, 5) is 39.3. The van der Waals surface area contributed by atoms with Gasteiger partial charge in [-0.2, -0.15) is 0 Å². The summed E-state index contributed by atoms with van der Waals surface area (Å²) < 4.78 is 5.70. The van der Waals surface area contributed by atoms with Crippen LogP contribution in [0.1, 0.15) is 33.1 Å². The van der Waals surface area contributed by atoms with E-state index in [9.17, 15) is 14.4 Å². The van der Waals surface area contributed by atoms with Gasteiger partial charge in [0, 0.05) is 44.0 Å². The number of hydrogen-bond acceptors (Lipinski definition) is 4. The minimum Gasteiger partial charge on any atom is -0.481 e. The fraction of sp³-hybridized carbons (Fsp3) is 0.526. The van der Waals surface area contributed by atoms with Crippen molar-refractivity contribution in [1.29, 1.82) is 0 Å². The molecular formula is C19H25ClN2O4. The maximum absolute atomic E-state index is 12.6. The number of ketones is 1. The molecule has 6 nitrogen and oxygen atoms in total. The molecule has 0 N–H and O–H groups in total. The van der Waals surface area contributed by atoms with Gasteiger partial charge in [0.25, 0.3) is 5.91 Å². The van der Waals surface area contributed by atoms with Crippen LogP contribution in [0.2, 0.25) is 5.02 Å². The van der Waals surface area contributed by atoms with Crippen molar-refractivity contribution < 1.29 is 19.1 Å². The Kier molecular flexibility index (Phi) is 7.45. The highest BCUT2D eigenvalue weighted by molar-refractivity contribution is 6.30. The van der Waals surface area contributed by atoms with Crippen LogP contribution in [0.25, 0.3) is 0 Å². The van der Waals surface area contributed by atoms with Gasteiger partial charge in [-0.15, -0.1) is 0 Å². The lowest BCUT2D eigenvalue weighted by molar-refractivity contribution is -0.138. The van der Waals surface area contributed by atoms with Crippen LogP contribution in [0.5, 0.6) is 5.75 Å². The zero-order chi connectivity index (χ0) is 19.1. The molecule has 2 amide bonds. The molecule has 26 heavy (non-hydrogen) atoms. The van der Waals surface area contributed by atoms with Gasteiger partial charge < -0.3 is 19.3 Å². The molecule has 0 aromatic heterocycles. The summed E-state index contributed by atoms with van der Waals surface area (Å²) in [5.74, 6) is 0.474. The number of rotatable bonds is 6. The molecule has 0 bridgehead atoms. The lowest BCUT2D eigenvalue weighted by atomic mass is 10.2. The number of halogens is 1. The summed E-state index contributed by atoms with van der Waals surface area (Å²) in [6, 6.07) is 6.88. The smallest absolute Gasteiger partial charge is 0.263 e. The summed E-state index contributed by atoms with van der Waals surface area (Å²) >= 11 is 5.85. The minimum atomic E-state index is -0.615. The number of amides is 2. The molecule has 1 atom stereocenters. The third-order valence-electron chi connectivity index (χ3n) is 4.33. The molecule has 1 aromatic rings. The Hall–Kier alpha value is -2.08. The Balaban J connectivity index is 1.86. The number of carbonyl (C=O) groups excluding carboxylic acids is 3. The first-order valence-corrected chi connectivity index (χ1v) is 9.23. The first-order valence-electron chi connectivity index (χ1n) is 8.85. The molecule has 0 spiro atoms. The van der Waals surface area contributed by atoms with Crippen molar-refractivity contribution in [2.75, 3.05) is 26.2 Å². The Morgan fingerprint density at radius 2 is 1.65 bits per heavy atom. The largest absolute Gasteiger partial charge is 0.481 e. The highest BCUT2D eigenvalue weighted by Gasteiger charge is 2.26. The summed E-state index contributed by atoms with van der Waals surface area (Å²) in [5, 5.41) is 0.610. The molecule has 1 aromatic carbocycles. The zero-order valence-corrected chi connectivity index (χ0v) is 16.0. The third-order valence-corrected chi connectivity index (χ3v) is 4.58. The fourth-order valence-corrected chi connectivity index (χ4v) is 2.98. The standard InChI is InChI=1S/C19H25ClN2O4/c1-14(23)4-9-18(24)21-10-3-11-22(13-12-21)19(25)15(2)26-17-7-5-16(20)6-8-17/h5-8,15H,3-4,9-13H2,1-2H3. The van der Waals surface area contributed by atoms with Gasteiger partial charge in [0.1, 0.15) is 11.5 Å². The average molecular weight is 381 g/mol. The van der Waals surface area contributed by atoms with Gasteiger partial charge in [0.2, 0.25) is 5.91 Å². The quantitative estimate of drug-likeness (QED) is 0.760. The van der Waals surface area contributed by atoms with E-state index in [1.54, 1.807) is 41.0 Å². The van der Waals surface area contributed by atoms with Gasteiger partial charge in [-0.25, -0.2) is 0 Å². The van der Waals surface area contributed by atoms with Crippen molar-refractivity contribution >= 4 is 29.2 Å². The van der Waals surface area contributed by atoms with Crippen molar-refractivity contribution in [2.45, 2.75) is 39.2 Å². The Bertz CT molecular complexity index is 647. The first-order chi connectivity index (χ1) is 12.4. The second-order valence-electron chi connectivity index (χ2n) is 6.48. The van der Waals surface area contributed by atoms with Gasteiger partial charge in [0.05, 0.1) is 0 Å². The predicted octanol–water partition coefficient (Wildman–Crippen LogP) is 2.54. The lowest BCUT2D eigenvalue weighted by Crippen LogP contribution is -2.43. The topological polar surface area (TPSA) is 66.9 Å².